The van der Waals surface area contributed by atoms with Crippen LogP contribution in [0.5, 0.6) is 5.75 Å². The van der Waals surface area contributed by atoms with Crippen LogP contribution in [0.2, 0.25) is 0 Å². The molecule has 2 aromatic rings. The molecule has 21 heavy (non-hydrogen) atoms. The molecule has 0 saturated heterocycles. The lowest BCUT2D eigenvalue weighted by Gasteiger charge is -2.26. The molecule has 1 heterocycles. The van der Waals surface area contributed by atoms with Gasteiger partial charge in [0.25, 0.3) is 0 Å². The van der Waals surface area contributed by atoms with Crippen molar-refractivity contribution in [2.75, 3.05) is 7.11 Å². The van der Waals surface area contributed by atoms with Crippen LogP contribution in [0.1, 0.15) is 29.9 Å². The van der Waals surface area contributed by atoms with Crippen LogP contribution in [-0.4, -0.2) is 18.1 Å². The number of ether oxygens (including phenoxy) is 1. The van der Waals surface area contributed by atoms with Crippen LogP contribution in [0, 0.1) is 11.3 Å². The highest BCUT2D eigenvalue weighted by Gasteiger charge is 2.14. The first-order valence-electron chi connectivity index (χ1n) is 6.97. The predicted molar refractivity (Wildman–Crippen MR) is 86.4 cm³/mol. The first-order valence-corrected chi connectivity index (χ1v) is 7.85. The number of thiophene rings is 1. The van der Waals surface area contributed by atoms with E-state index in [-0.39, 0.29) is 0 Å². The quantitative estimate of drug-likeness (QED) is 0.808. The molecule has 1 aromatic carbocycles. The molecular weight excluding hydrogens is 280 g/mol. The van der Waals surface area contributed by atoms with Crippen molar-refractivity contribution < 1.29 is 4.74 Å². The zero-order chi connectivity index (χ0) is 15.2. The van der Waals surface area contributed by atoms with Gasteiger partial charge in [-0.15, -0.1) is 11.3 Å². The van der Waals surface area contributed by atoms with Gasteiger partial charge in [0, 0.05) is 29.6 Å². The van der Waals surface area contributed by atoms with Crippen molar-refractivity contribution in [1.82, 2.24) is 4.90 Å². The Balaban J connectivity index is 2.22. The number of nitriles is 1. The summed E-state index contributed by atoms with van der Waals surface area (Å²) in [5.41, 5.74) is 1.73. The van der Waals surface area contributed by atoms with E-state index >= 15 is 0 Å². The van der Waals surface area contributed by atoms with Gasteiger partial charge in [0.15, 0.2) is 0 Å². The number of nitrogens with zero attached hydrogens (tertiary/aromatic N) is 2. The second-order valence-corrected chi connectivity index (χ2v) is 6.25. The van der Waals surface area contributed by atoms with E-state index in [1.54, 1.807) is 24.5 Å². The van der Waals surface area contributed by atoms with Crippen LogP contribution in [-0.2, 0) is 13.1 Å². The Bertz CT molecular complexity index is 614. The molecule has 0 amide bonds. The Morgan fingerprint density at radius 3 is 2.67 bits per heavy atom. The number of methoxy groups -OCH3 is 1. The summed E-state index contributed by atoms with van der Waals surface area (Å²) < 4.78 is 5.43. The van der Waals surface area contributed by atoms with Crippen LogP contribution >= 0.6 is 11.3 Å². The molecule has 0 N–H and O–H groups in total. The van der Waals surface area contributed by atoms with E-state index in [4.69, 9.17) is 10.00 Å². The van der Waals surface area contributed by atoms with Gasteiger partial charge in [-0.3, -0.25) is 4.90 Å². The van der Waals surface area contributed by atoms with E-state index in [1.165, 1.54) is 4.88 Å². The maximum absolute atomic E-state index is 9.07. The molecule has 0 bridgehead atoms. The van der Waals surface area contributed by atoms with Crippen molar-refractivity contribution in [3.8, 4) is 11.8 Å². The standard InChI is InChI=1S/C17H20N2OS/c1-13(2)19(12-16-5-4-8-21-16)11-15-9-14(10-18)6-7-17(15)20-3/h4-9,13H,11-12H2,1-3H3. The molecule has 1 aromatic heterocycles. The van der Waals surface area contributed by atoms with Gasteiger partial charge in [-0.25, -0.2) is 0 Å². The normalized spacial score (nSPS) is 10.9. The minimum absolute atomic E-state index is 0.419. The van der Waals surface area contributed by atoms with Crippen molar-refractivity contribution in [2.24, 2.45) is 0 Å². The van der Waals surface area contributed by atoms with E-state index < -0.39 is 0 Å². The molecule has 0 spiro atoms. The summed E-state index contributed by atoms with van der Waals surface area (Å²) in [6.07, 6.45) is 0. The summed E-state index contributed by atoms with van der Waals surface area (Å²) in [7, 11) is 1.67. The highest BCUT2D eigenvalue weighted by Crippen LogP contribution is 2.24. The monoisotopic (exact) mass is 300 g/mol. The van der Waals surface area contributed by atoms with Crippen LogP contribution in [0.25, 0.3) is 0 Å². The van der Waals surface area contributed by atoms with Crippen LogP contribution in [0.15, 0.2) is 35.7 Å². The van der Waals surface area contributed by atoms with Crippen LogP contribution in [0.4, 0.5) is 0 Å². The zero-order valence-corrected chi connectivity index (χ0v) is 13.5. The third-order valence-electron chi connectivity index (χ3n) is 3.45. The Hall–Kier alpha value is -1.83. The summed E-state index contributed by atoms with van der Waals surface area (Å²) in [5, 5.41) is 11.2. The summed E-state index contributed by atoms with van der Waals surface area (Å²) in [6.45, 7) is 6.06. The number of hydrogen-bond acceptors (Lipinski definition) is 4. The zero-order valence-electron chi connectivity index (χ0n) is 12.7. The topological polar surface area (TPSA) is 36.3 Å². The van der Waals surface area contributed by atoms with Gasteiger partial charge < -0.3 is 4.74 Å². The van der Waals surface area contributed by atoms with Gasteiger partial charge in [0.1, 0.15) is 5.75 Å². The van der Waals surface area contributed by atoms with Crippen molar-refractivity contribution in [2.45, 2.75) is 33.0 Å². The summed E-state index contributed by atoms with van der Waals surface area (Å²) in [4.78, 5) is 3.73. The van der Waals surface area contributed by atoms with Gasteiger partial charge in [-0.05, 0) is 43.5 Å². The van der Waals surface area contributed by atoms with Crippen molar-refractivity contribution in [3.05, 3.63) is 51.7 Å². The molecular formula is C17H20N2OS. The Morgan fingerprint density at radius 2 is 2.10 bits per heavy atom. The lowest BCUT2D eigenvalue weighted by molar-refractivity contribution is 0.203. The smallest absolute Gasteiger partial charge is 0.123 e. The fourth-order valence-corrected chi connectivity index (χ4v) is 2.94. The second-order valence-electron chi connectivity index (χ2n) is 5.22. The van der Waals surface area contributed by atoms with E-state index in [1.807, 2.05) is 12.1 Å². The van der Waals surface area contributed by atoms with E-state index in [9.17, 15) is 0 Å². The van der Waals surface area contributed by atoms with Gasteiger partial charge >= 0.3 is 0 Å². The largest absolute Gasteiger partial charge is 0.496 e. The highest BCUT2D eigenvalue weighted by molar-refractivity contribution is 7.09. The van der Waals surface area contributed by atoms with Crippen LogP contribution in [0.3, 0.4) is 0 Å². The third-order valence-corrected chi connectivity index (χ3v) is 4.31. The fourth-order valence-electron chi connectivity index (χ4n) is 2.21. The lowest BCUT2D eigenvalue weighted by atomic mass is 10.1. The van der Waals surface area contributed by atoms with Crippen molar-refractivity contribution in [1.29, 1.82) is 5.26 Å². The molecule has 0 aliphatic carbocycles. The molecule has 3 nitrogen and oxygen atoms in total. The Morgan fingerprint density at radius 1 is 1.29 bits per heavy atom. The highest BCUT2D eigenvalue weighted by atomic mass is 32.1. The Labute approximate surface area is 130 Å². The Kier molecular flexibility index (Phi) is 5.38. The molecule has 110 valence electrons. The number of rotatable bonds is 6. The molecule has 0 unspecified atom stereocenters. The minimum Gasteiger partial charge on any atom is -0.496 e. The number of benzene rings is 1. The predicted octanol–water partition coefficient (Wildman–Crippen LogP) is 4.04. The van der Waals surface area contributed by atoms with Crippen molar-refractivity contribution >= 4 is 11.3 Å². The molecule has 2 rings (SSSR count). The molecule has 0 fully saturated rings. The van der Waals surface area contributed by atoms with Gasteiger partial charge in [-0.2, -0.15) is 5.26 Å². The maximum Gasteiger partial charge on any atom is 0.123 e. The first kappa shape index (κ1) is 15.6. The third kappa shape index (κ3) is 4.07. The van der Waals surface area contributed by atoms with Gasteiger partial charge in [-0.1, -0.05) is 6.07 Å². The SMILES string of the molecule is COc1ccc(C#N)cc1CN(Cc1cccs1)C(C)C. The minimum atomic E-state index is 0.419. The molecule has 0 atom stereocenters. The lowest BCUT2D eigenvalue weighted by Crippen LogP contribution is -2.29. The molecule has 0 aliphatic rings. The van der Waals surface area contributed by atoms with E-state index in [2.05, 4.69) is 42.3 Å². The summed E-state index contributed by atoms with van der Waals surface area (Å²) >= 11 is 1.77. The van der Waals surface area contributed by atoms with Crippen LogP contribution < -0.4 is 4.74 Å². The molecule has 0 radical (unpaired) electrons. The average Bonchev–Trinajstić information content (AvgIpc) is 2.99. The van der Waals surface area contributed by atoms with Gasteiger partial charge in [0.05, 0.1) is 18.7 Å². The maximum atomic E-state index is 9.07. The summed E-state index contributed by atoms with van der Waals surface area (Å²) in [5.74, 6) is 0.839. The molecule has 0 saturated carbocycles. The second kappa shape index (κ2) is 7.26. The fraction of sp³-hybridized carbons (Fsp3) is 0.353. The van der Waals surface area contributed by atoms with E-state index in [0.29, 0.717) is 11.6 Å². The molecule has 4 heteroatoms. The average molecular weight is 300 g/mol. The summed E-state index contributed by atoms with van der Waals surface area (Å²) in [6, 6.07) is 12.4. The molecule has 0 aliphatic heterocycles. The van der Waals surface area contributed by atoms with E-state index in [0.717, 1.165) is 24.4 Å². The van der Waals surface area contributed by atoms with Gasteiger partial charge in [0.2, 0.25) is 0 Å². The van der Waals surface area contributed by atoms with Crippen molar-refractivity contribution in [3.63, 3.8) is 0 Å². The number of hydrogen-bond donors (Lipinski definition) is 0. The first-order chi connectivity index (χ1) is 10.1.